The van der Waals surface area contributed by atoms with Crippen LogP contribution in [0.2, 0.25) is 0 Å². The number of carbonyl (C=O) groups is 1. The lowest BCUT2D eigenvalue weighted by molar-refractivity contribution is 0.0943. The highest BCUT2D eigenvalue weighted by molar-refractivity contribution is 5.92. The molecule has 1 aliphatic rings. The Kier molecular flexibility index (Phi) is 4.09. The number of benzene rings is 1. The van der Waals surface area contributed by atoms with Crippen molar-refractivity contribution < 1.29 is 9.18 Å². The lowest BCUT2D eigenvalue weighted by Gasteiger charge is -2.18. The molecule has 3 rings (SSSR count). The molecule has 0 bridgehead atoms. The molecule has 1 saturated heterocycles. The molecule has 6 heteroatoms. The van der Waals surface area contributed by atoms with E-state index in [2.05, 4.69) is 20.4 Å². The van der Waals surface area contributed by atoms with Crippen LogP contribution in [0, 0.1) is 18.7 Å². The molecule has 2 heterocycles. The van der Waals surface area contributed by atoms with Gasteiger partial charge in [0.05, 0.1) is 0 Å². The smallest absolute Gasteiger partial charge is 0.271 e. The molecule has 0 saturated carbocycles. The van der Waals surface area contributed by atoms with Crippen molar-refractivity contribution in [1.82, 2.24) is 15.5 Å². The molecule has 1 aliphatic heterocycles. The number of rotatable bonds is 4. The first-order valence-corrected chi connectivity index (χ1v) is 7.42. The molecule has 0 unspecified atom stereocenters. The van der Waals surface area contributed by atoms with Crippen LogP contribution >= 0.6 is 0 Å². The number of amides is 1. The number of anilines is 1. The van der Waals surface area contributed by atoms with Crippen molar-refractivity contribution >= 4 is 11.6 Å². The minimum Gasteiger partial charge on any atom is -0.371 e. The summed E-state index contributed by atoms with van der Waals surface area (Å²) >= 11 is 0. The van der Waals surface area contributed by atoms with Gasteiger partial charge in [-0.1, -0.05) is 0 Å². The molecule has 1 aromatic carbocycles. The van der Waals surface area contributed by atoms with E-state index >= 15 is 0 Å². The standard InChI is InChI=1S/C16H19FN4O/c1-11-8-15(20-19-11)16(22)18-9-12-6-7-21(10-12)14-4-2-13(17)3-5-14/h2-5,8,12H,6-7,9-10H2,1H3,(H,18,22)(H,19,20)/t12-/m1/s1. The predicted octanol–water partition coefficient (Wildman–Crippen LogP) is 2.11. The lowest BCUT2D eigenvalue weighted by atomic mass is 10.1. The Hall–Kier alpha value is -2.37. The second-order valence-corrected chi connectivity index (χ2v) is 5.72. The molecule has 1 fully saturated rings. The topological polar surface area (TPSA) is 61.0 Å². The first-order valence-electron chi connectivity index (χ1n) is 7.42. The molecule has 1 aromatic heterocycles. The molecule has 0 radical (unpaired) electrons. The van der Waals surface area contributed by atoms with Gasteiger partial charge in [-0.05, 0) is 49.6 Å². The van der Waals surface area contributed by atoms with Gasteiger partial charge in [-0.3, -0.25) is 9.89 Å². The Labute approximate surface area is 128 Å². The zero-order valence-electron chi connectivity index (χ0n) is 12.5. The van der Waals surface area contributed by atoms with E-state index in [1.165, 1.54) is 12.1 Å². The highest BCUT2D eigenvalue weighted by Gasteiger charge is 2.23. The van der Waals surface area contributed by atoms with Crippen LogP contribution in [-0.4, -0.2) is 35.7 Å². The molecule has 2 aromatic rings. The van der Waals surface area contributed by atoms with E-state index in [1.807, 2.05) is 6.92 Å². The van der Waals surface area contributed by atoms with Crippen LogP contribution in [0.3, 0.4) is 0 Å². The summed E-state index contributed by atoms with van der Waals surface area (Å²) in [7, 11) is 0. The van der Waals surface area contributed by atoms with Crippen molar-refractivity contribution in [3.8, 4) is 0 Å². The first-order chi connectivity index (χ1) is 10.6. The minimum absolute atomic E-state index is 0.149. The van der Waals surface area contributed by atoms with Crippen molar-refractivity contribution in [3.05, 3.63) is 47.5 Å². The normalized spacial score (nSPS) is 17.7. The zero-order valence-corrected chi connectivity index (χ0v) is 12.5. The minimum atomic E-state index is -0.221. The van der Waals surface area contributed by atoms with Gasteiger partial charge in [0.25, 0.3) is 5.91 Å². The number of nitrogens with zero attached hydrogens (tertiary/aromatic N) is 2. The van der Waals surface area contributed by atoms with Gasteiger partial charge >= 0.3 is 0 Å². The van der Waals surface area contributed by atoms with Gasteiger partial charge in [-0.2, -0.15) is 5.10 Å². The Morgan fingerprint density at radius 1 is 1.45 bits per heavy atom. The average Bonchev–Trinajstić information content (AvgIpc) is 3.15. The fourth-order valence-electron chi connectivity index (χ4n) is 2.75. The first kappa shape index (κ1) is 14.6. The third kappa shape index (κ3) is 3.27. The van der Waals surface area contributed by atoms with E-state index in [9.17, 15) is 9.18 Å². The third-order valence-electron chi connectivity index (χ3n) is 3.97. The zero-order chi connectivity index (χ0) is 15.5. The van der Waals surface area contributed by atoms with E-state index in [1.54, 1.807) is 18.2 Å². The van der Waals surface area contributed by atoms with Crippen LogP contribution in [0.4, 0.5) is 10.1 Å². The maximum absolute atomic E-state index is 12.9. The molecule has 2 N–H and O–H groups in total. The van der Waals surface area contributed by atoms with Crippen LogP contribution in [0.5, 0.6) is 0 Å². The van der Waals surface area contributed by atoms with Gasteiger partial charge in [0.2, 0.25) is 0 Å². The molecule has 116 valence electrons. The Morgan fingerprint density at radius 2 is 2.23 bits per heavy atom. The van der Waals surface area contributed by atoms with E-state index in [0.717, 1.165) is 30.9 Å². The van der Waals surface area contributed by atoms with E-state index in [-0.39, 0.29) is 11.7 Å². The SMILES string of the molecule is Cc1cc(C(=O)NC[C@H]2CCN(c3ccc(F)cc3)C2)n[nH]1. The van der Waals surface area contributed by atoms with Gasteiger partial charge < -0.3 is 10.2 Å². The maximum Gasteiger partial charge on any atom is 0.271 e. The van der Waals surface area contributed by atoms with Crippen LogP contribution < -0.4 is 10.2 Å². The number of hydrogen-bond donors (Lipinski definition) is 2. The number of aromatic nitrogens is 2. The highest BCUT2D eigenvalue weighted by Crippen LogP contribution is 2.23. The summed E-state index contributed by atoms with van der Waals surface area (Å²) in [5.41, 5.74) is 2.32. The summed E-state index contributed by atoms with van der Waals surface area (Å²) in [5, 5.41) is 9.64. The summed E-state index contributed by atoms with van der Waals surface area (Å²) in [6.07, 6.45) is 1.01. The molecule has 5 nitrogen and oxygen atoms in total. The summed E-state index contributed by atoms with van der Waals surface area (Å²) in [4.78, 5) is 14.2. The number of aryl methyl sites for hydroxylation is 1. The van der Waals surface area contributed by atoms with Gasteiger partial charge in [-0.25, -0.2) is 4.39 Å². The molecule has 1 amide bonds. The van der Waals surface area contributed by atoms with E-state index in [4.69, 9.17) is 0 Å². The molecule has 0 spiro atoms. The number of aromatic amines is 1. The van der Waals surface area contributed by atoms with E-state index < -0.39 is 0 Å². The largest absolute Gasteiger partial charge is 0.371 e. The molecule has 22 heavy (non-hydrogen) atoms. The highest BCUT2D eigenvalue weighted by atomic mass is 19.1. The molecular formula is C16H19FN4O. The Morgan fingerprint density at radius 3 is 2.91 bits per heavy atom. The molecular weight excluding hydrogens is 283 g/mol. The predicted molar refractivity (Wildman–Crippen MR) is 82.4 cm³/mol. The van der Waals surface area contributed by atoms with Crippen molar-refractivity contribution in [2.45, 2.75) is 13.3 Å². The number of H-pyrrole nitrogens is 1. The number of hydrogen-bond acceptors (Lipinski definition) is 3. The van der Waals surface area contributed by atoms with Crippen LogP contribution in [-0.2, 0) is 0 Å². The summed E-state index contributed by atoms with van der Waals surface area (Å²) in [5.74, 6) is 0.0275. The monoisotopic (exact) mass is 302 g/mol. The molecule has 0 aliphatic carbocycles. The summed E-state index contributed by atoms with van der Waals surface area (Å²) in [6, 6.07) is 8.27. The maximum atomic E-state index is 12.9. The second-order valence-electron chi connectivity index (χ2n) is 5.72. The fraction of sp³-hybridized carbons (Fsp3) is 0.375. The van der Waals surface area contributed by atoms with Crippen molar-refractivity contribution in [2.75, 3.05) is 24.5 Å². The van der Waals surface area contributed by atoms with Gasteiger partial charge in [-0.15, -0.1) is 0 Å². The van der Waals surface area contributed by atoms with E-state index in [0.29, 0.717) is 18.2 Å². The lowest BCUT2D eigenvalue weighted by Crippen LogP contribution is -2.31. The van der Waals surface area contributed by atoms with Crippen LogP contribution in [0.25, 0.3) is 0 Å². The van der Waals surface area contributed by atoms with Gasteiger partial charge in [0.15, 0.2) is 0 Å². The third-order valence-corrected chi connectivity index (χ3v) is 3.97. The van der Waals surface area contributed by atoms with Crippen molar-refractivity contribution in [3.63, 3.8) is 0 Å². The van der Waals surface area contributed by atoms with Crippen LogP contribution in [0.15, 0.2) is 30.3 Å². The average molecular weight is 302 g/mol. The quantitative estimate of drug-likeness (QED) is 0.909. The number of halogens is 1. The van der Waals surface area contributed by atoms with Crippen LogP contribution in [0.1, 0.15) is 22.6 Å². The van der Waals surface area contributed by atoms with Crippen molar-refractivity contribution in [2.24, 2.45) is 5.92 Å². The summed E-state index contributed by atoms with van der Waals surface area (Å²) in [6.45, 7) is 4.28. The van der Waals surface area contributed by atoms with Crippen molar-refractivity contribution in [1.29, 1.82) is 0 Å². The second kappa shape index (κ2) is 6.17. The van der Waals surface area contributed by atoms with Gasteiger partial charge in [0.1, 0.15) is 11.5 Å². The summed E-state index contributed by atoms with van der Waals surface area (Å²) < 4.78 is 12.9. The Bertz CT molecular complexity index is 652. The van der Waals surface area contributed by atoms with Gasteiger partial charge in [0, 0.05) is 31.0 Å². The molecule has 1 atom stereocenters. The number of carbonyl (C=O) groups excluding carboxylic acids is 1. The fourth-order valence-corrected chi connectivity index (χ4v) is 2.75. The Balaban J connectivity index is 1.51. The number of nitrogens with one attached hydrogen (secondary N) is 2.